The molecule has 1 amide bonds. The highest BCUT2D eigenvalue weighted by molar-refractivity contribution is 5.99. The molecule has 1 aliphatic heterocycles. The average Bonchev–Trinajstić information content (AvgIpc) is 2.53. The second-order valence-electron chi connectivity index (χ2n) is 6.50. The van der Waals surface area contributed by atoms with Gasteiger partial charge in [-0.15, -0.1) is 0 Å². The van der Waals surface area contributed by atoms with Crippen molar-refractivity contribution in [3.63, 3.8) is 0 Å². The molecule has 6 heteroatoms. The lowest BCUT2D eigenvalue weighted by atomic mass is 9.75. The number of benzene rings is 1. The summed E-state index contributed by atoms with van der Waals surface area (Å²) in [6.45, 7) is 3.42. The van der Waals surface area contributed by atoms with Gasteiger partial charge in [-0.3, -0.25) is 9.59 Å². The number of nitrogens with zero attached hydrogens (tertiary/aromatic N) is 1. The van der Waals surface area contributed by atoms with Gasteiger partial charge in [-0.1, -0.05) is 19.1 Å². The van der Waals surface area contributed by atoms with Crippen molar-refractivity contribution >= 4 is 17.4 Å². The molecule has 2 aliphatic rings. The number of carbonyl (C=O) groups is 2. The highest BCUT2D eigenvalue weighted by Crippen LogP contribution is 2.44. The van der Waals surface area contributed by atoms with Crippen LogP contribution in [-0.2, 0) is 14.3 Å². The van der Waals surface area contributed by atoms with Crippen molar-refractivity contribution in [3.8, 4) is 6.07 Å². The zero-order valence-corrected chi connectivity index (χ0v) is 14.1. The molecule has 0 bridgehead atoms. The summed E-state index contributed by atoms with van der Waals surface area (Å²) in [5, 5.41) is 12.2. The van der Waals surface area contributed by atoms with Gasteiger partial charge in [0, 0.05) is 31.0 Å². The van der Waals surface area contributed by atoms with Crippen molar-refractivity contribution < 1.29 is 14.3 Å². The van der Waals surface area contributed by atoms with E-state index >= 15 is 0 Å². The van der Waals surface area contributed by atoms with E-state index in [4.69, 9.17) is 10.5 Å². The first-order valence-electron chi connectivity index (χ1n) is 8.12. The highest BCUT2D eigenvalue weighted by Gasteiger charge is 2.39. The van der Waals surface area contributed by atoms with Crippen molar-refractivity contribution in [1.82, 2.24) is 0 Å². The Labute approximate surface area is 146 Å². The topological polar surface area (TPSA) is 105 Å². The van der Waals surface area contributed by atoms with Gasteiger partial charge in [0.25, 0.3) is 0 Å². The van der Waals surface area contributed by atoms with Crippen LogP contribution in [0.5, 0.6) is 0 Å². The number of amides is 1. The largest absolute Gasteiger partial charge is 0.444 e. The fourth-order valence-corrected chi connectivity index (χ4v) is 3.39. The van der Waals surface area contributed by atoms with Crippen LogP contribution in [0.2, 0.25) is 0 Å². The van der Waals surface area contributed by atoms with Gasteiger partial charge in [-0.05, 0) is 23.6 Å². The van der Waals surface area contributed by atoms with E-state index in [1.165, 1.54) is 6.92 Å². The molecule has 0 saturated carbocycles. The molecule has 0 fully saturated rings. The van der Waals surface area contributed by atoms with E-state index in [9.17, 15) is 14.9 Å². The van der Waals surface area contributed by atoms with Crippen LogP contribution < -0.4 is 11.1 Å². The molecule has 6 nitrogen and oxygen atoms in total. The molecule has 0 spiro atoms. The molecule has 2 unspecified atom stereocenters. The predicted octanol–water partition coefficient (Wildman–Crippen LogP) is 2.71. The minimum absolute atomic E-state index is 0.00932. The van der Waals surface area contributed by atoms with Gasteiger partial charge >= 0.3 is 0 Å². The van der Waals surface area contributed by atoms with Gasteiger partial charge < -0.3 is 15.8 Å². The molecule has 3 rings (SSSR count). The Morgan fingerprint density at radius 2 is 2.00 bits per heavy atom. The minimum atomic E-state index is -0.528. The Morgan fingerprint density at radius 1 is 1.32 bits per heavy atom. The molecule has 1 aromatic rings. The van der Waals surface area contributed by atoms with Crippen molar-refractivity contribution in [1.29, 1.82) is 5.26 Å². The molecular weight excluding hydrogens is 318 g/mol. The fraction of sp³-hybridized carbons (Fsp3) is 0.316. The van der Waals surface area contributed by atoms with Crippen molar-refractivity contribution in [2.75, 3.05) is 5.32 Å². The molecule has 0 radical (unpaired) electrons. The monoisotopic (exact) mass is 337 g/mol. The number of nitrogens with one attached hydrogen (secondary N) is 1. The quantitative estimate of drug-likeness (QED) is 0.863. The van der Waals surface area contributed by atoms with Crippen LogP contribution in [0, 0.1) is 17.2 Å². The van der Waals surface area contributed by atoms with E-state index < -0.39 is 5.92 Å². The Hall–Kier alpha value is -3.07. The van der Waals surface area contributed by atoms with E-state index in [2.05, 4.69) is 11.4 Å². The number of ether oxygens (including phenoxy) is 1. The maximum absolute atomic E-state index is 12.6. The lowest BCUT2D eigenvalue weighted by Gasteiger charge is -2.33. The van der Waals surface area contributed by atoms with Crippen LogP contribution >= 0.6 is 0 Å². The van der Waals surface area contributed by atoms with Crippen LogP contribution in [0.4, 0.5) is 5.69 Å². The average molecular weight is 337 g/mol. The predicted molar refractivity (Wildman–Crippen MR) is 91.8 cm³/mol. The van der Waals surface area contributed by atoms with E-state index in [-0.39, 0.29) is 29.1 Å². The zero-order valence-electron chi connectivity index (χ0n) is 14.1. The smallest absolute Gasteiger partial charge is 0.221 e. The molecule has 1 heterocycles. The lowest BCUT2D eigenvalue weighted by molar-refractivity contribution is -0.117. The van der Waals surface area contributed by atoms with E-state index in [0.29, 0.717) is 29.9 Å². The van der Waals surface area contributed by atoms with Gasteiger partial charge in [0.1, 0.15) is 17.4 Å². The standard InChI is InChI=1S/C19H19N3O3/c1-10-7-15(24)18-16(8-10)25-19(21)14(9-20)17(18)12-3-5-13(6-4-12)22-11(2)23/h3-6,10,17H,7-8,21H2,1-2H3,(H,22,23). The summed E-state index contributed by atoms with van der Waals surface area (Å²) < 4.78 is 5.60. The molecule has 1 aromatic carbocycles. The fourth-order valence-electron chi connectivity index (χ4n) is 3.39. The second-order valence-corrected chi connectivity index (χ2v) is 6.50. The van der Waals surface area contributed by atoms with Crippen LogP contribution in [0.1, 0.15) is 38.2 Å². The number of anilines is 1. The van der Waals surface area contributed by atoms with Crippen LogP contribution in [0.25, 0.3) is 0 Å². The number of allylic oxidation sites excluding steroid dienone is 3. The first-order valence-corrected chi connectivity index (χ1v) is 8.12. The number of hydrogen-bond acceptors (Lipinski definition) is 5. The number of Topliss-reactive ketones (excluding diaryl/α,β-unsaturated/α-hetero) is 1. The van der Waals surface area contributed by atoms with Gasteiger partial charge in [-0.2, -0.15) is 5.26 Å². The number of hydrogen-bond donors (Lipinski definition) is 2. The lowest BCUT2D eigenvalue weighted by Crippen LogP contribution is -2.29. The van der Waals surface area contributed by atoms with Gasteiger partial charge in [0.15, 0.2) is 5.78 Å². The number of carbonyl (C=O) groups excluding carboxylic acids is 2. The van der Waals surface area contributed by atoms with Crippen LogP contribution in [0.15, 0.2) is 47.1 Å². The van der Waals surface area contributed by atoms with Crippen molar-refractivity contribution in [2.45, 2.75) is 32.6 Å². The molecule has 0 aromatic heterocycles. The molecule has 3 N–H and O–H groups in total. The van der Waals surface area contributed by atoms with E-state index in [1.807, 2.05) is 6.92 Å². The summed E-state index contributed by atoms with van der Waals surface area (Å²) in [4.78, 5) is 23.8. The number of ketones is 1. The molecule has 128 valence electrons. The summed E-state index contributed by atoms with van der Waals surface area (Å²) in [6, 6.07) is 9.16. The Bertz CT molecular complexity index is 844. The third-order valence-corrected chi connectivity index (χ3v) is 4.43. The highest BCUT2D eigenvalue weighted by atomic mass is 16.5. The molecule has 1 aliphatic carbocycles. The first kappa shape index (κ1) is 16.8. The Morgan fingerprint density at radius 3 is 2.60 bits per heavy atom. The molecular formula is C19H19N3O3. The number of rotatable bonds is 2. The summed E-state index contributed by atoms with van der Waals surface area (Å²) in [5.74, 6) is 0.105. The van der Waals surface area contributed by atoms with Gasteiger partial charge in [0.05, 0.1) is 5.92 Å². The summed E-state index contributed by atoms with van der Waals surface area (Å²) in [5.41, 5.74) is 8.13. The van der Waals surface area contributed by atoms with Crippen LogP contribution in [-0.4, -0.2) is 11.7 Å². The zero-order chi connectivity index (χ0) is 18.1. The third kappa shape index (κ3) is 3.13. The Kier molecular flexibility index (Phi) is 4.32. The second kappa shape index (κ2) is 6.44. The van der Waals surface area contributed by atoms with Crippen LogP contribution in [0.3, 0.4) is 0 Å². The maximum Gasteiger partial charge on any atom is 0.221 e. The first-order chi connectivity index (χ1) is 11.9. The summed E-state index contributed by atoms with van der Waals surface area (Å²) in [6.07, 6.45) is 1.06. The SMILES string of the molecule is CC(=O)Nc1ccc(C2C(C#N)=C(N)OC3=C2C(=O)CC(C)C3)cc1. The van der Waals surface area contributed by atoms with Crippen molar-refractivity contribution in [2.24, 2.45) is 11.7 Å². The van der Waals surface area contributed by atoms with Crippen molar-refractivity contribution in [3.05, 3.63) is 52.6 Å². The van der Waals surface area contributed by atoms with E-state index in [0.717, 1.165) is 5.56 Å². The van der Waals surface area contributed by atoms with E-state index in [1.54, 1.807) is 24.3 Å². The van der Waals surface area contributed by atoms with Gasteiger partial charge in [-0.25, -0.2) is 0 Å². The summed E-state index contributed by atoms with van der Waals surface area (Å²) >= 11 is 0. The normalized spacial score (nSPS) is 22.8. The third-order valence-electron chi connectivity index (χ3n) is 4.43. The minimum Gasteiger partial charge on any atom is -0.444 e. The summed E-state index contributed by atoms with van der Waals surface area (Å²) in [7, 11) is 0. The molecule has 0 saturated heterocycles. The molecule has 25 heavy (non-hydrogen) atoms. The van der Waals surface area contributed by atoms with Gasteiger partial charge in [0.2, 0.25) is 11.8 Å². The Balaban J connectivity index is 2.06. The molecule has 2 atom stereocenters. The maximum atomic E-state index is 12.6. The number of nitriles is 1. The number of nitrogens with two attached hydrogens (primary N) is 1.